The molecule has 22 heavy (non-hydrogen) atoms. The molecule has 0 saturated carbocycles. The third kappa shape index (κ3) is 4.23. The van der Waals surface area contributed by atoms with E-state index in [2.05, 4.69) is 5.32 Å². The molecule has 2 rings (SSSR count). The molecule has 0 aromatic heterocycles. The molecule has 0 atom stereocenters. The first-order valence-electron chi connectivity index (χ1n) is 6.97. The van der Waals surface area contributed by atoms with E-state index < -0.39 is 0 Å². The average Bonchev–Trinajstić information content (AvgIpc) is 2.54. The van der Waals surface area contributed by atoms with Crippen molar-refractivity contribution in [3.8, 4) is 5.75 Å². The number of carbonyl (C=O) groups excluding carboxylic acids is 1. The summed E-state index contributed by atoms with van der Waals surface area (Å²) in [5.74, 6) is 0.537. The molecule has 0 spiro atoms. The summed E-state index contributed by atoms with van der Waals surface area (Å²) >= 11 is 6.02. The van der Waals surface area contributed by atoms with Gasteiger partial charge in [0, 0.05) is 17.1 Å². The van der Waals surface area contributed by atoms with Crippen LogP contribution in [0.3, 0.4) is 0 Å². The third-order valence-corrected chi connectivity index (χ3v) is 3.66. The van der Waals surface area contributed by atoms with Gasteiger partial charge in [-0.3, -0.25) is 4.79 Å². The molecule has 0 unspecified atom stereocenters. The Balaban J connectivity index is 1.95. The highest BCUT2D eigenvalue weighted by Gasteiger charge is 2.10. The lowest BCUT2D eigenvalue weighted by Gasteiger charge is -2.09. The van der Waals surface area contributed by atoms with Crippen LogP contribution in [0, 0.1) is 6.92 Å². The highest BCUT2D eigenvalue weighted by Crippen LogP contribution is 2.18. The Hall–Kier alpha value is -2.04. The van der Waals surface area contributed by atoms with Gasteiger partial charge in [-0.05, 0) is 42.3 Å². The van der Waals surface area contributed by atoms with Crippen molar-refractivity contribution in [2.24, 2.45) is 0 Å². The monoisotopic (exact) mass is 319 g/mol. The van der Waals surface area contributed by atoms with E-state index in [0.29, 0.717) is 22.9 Å². The minimum Gasteiger partial charge on any atom is -0.491 e. The molecule has 116 valence electrons. The van der Waals surface area contributed by atoms with Gasteiger partial charge in [0.05, 0.1) is 6.61 Å². The molecule has 0 aliphatic carbocycles. The summed E-state index contributed by atoms with van der Waals surface area (Å²) in [5.41, 5.74) is 2.31. The van der Waals surface area contributed by atoms with Gasteiger partial charge in [-0.15, -0.1) is 0 Å². The van der Waals surface area contributed by atoms with Crippen LogP contribution in [0.2, 0.25) is 5.02 Å². The number of hydrogen-bond donors (Lipinski definition) is 2. The van der Waals surface area contributed by atoms with Gasteiger partial charge < -0.3 is 15.2 Å². The Bertz CT molecular complexity index is 641. The van der Waals surface area contributed by atoms with Crippen LogP contribution in [0.1, 0.15) is 21.5 Å². The standard InChI is InChI=1S/C17H18ClNO3/c1-12-15(3-2-4-16(12)18)17(21)19-11-13-5-7-14(8-6-13)22-10-9-20/h2-8,20H,9-11H2,1H3,(H,19,21). The van der Waals surface area contributed by atoms with E-state index >= 15 is 0 Å². The Morgan fingerprint density at radius 2 is 1.95 bits per heavy atom. The first kappa shape index (κ1) is 16.3. The maximum absolute atomic E-state index is 12.2. The van der Waals surface area contributed by atoms with Crippen LogP contribution in [0.25, 0.3) is 0 Å². The number of ether oxygens (including phenoxy) is 1. The molecule has 1 amide bonds. The van der Waals surface area contributed by atoms with Crippen molar-refractivity contribution in [2.45, 2.75) is 13.5 Å². The van der Waals surface area contributed by atoms with Crippen LogP contribution >= 0.6 is 11.6 Å². The van der Waals surface area contributed by atoms with E-state index in [-0.39, 0.29) is 19.1 Å². The van der Waals surface area contributed by atoms with E-state index in [1.165, 1.54) is 0 Å². The van der Waals surface area contributed by atoms with Crippen LogP contribution < -0.4 is 10.1 Å². The highest BCUT2D eigenvalue weighted by atomic mass is 35.5. The van der Waals surface area contributed by atoms with Gasteiger partial charge in [0.15, 0.2) is 0 Å². The molecule has 0 fully saturated rings. The van der Waals surface area contributed by atoms with Gasteiger partial charge in [-0.1, -0.05) is 29.8 Å². The zero-order valence-electron chi connectivity index (χ0n) is 12.3. The van der Waals surface area contributed by atoms with E-state index in [9.17, 15) is 4.79 Å². The minimum absolute atomic E-state index is 0.0171. The zero-order chi connectivity index (χ0) is 15.9. The normalized spacial score (nSPS) is 10.3. The topological polar surface area (TPSA) is 58.6 Å². The molecule has 0 aliphatic rings. The number of halogens is 1. The van der Waals surface area contributed by atoms with Gasteiger partial charge >= 0.3 is 0 Å². The predicted molar refractivity (Wildman–Crippen MR) is 86.4 cm³/mol. The molecule has 0 heterocycles. The van der Waals surface area contributed by atoms with Crippen LogP contribution in [-0.2, 0) is 6.54 Å². The summed E-state index contributed by atoms with van der Waals surface area (Å²) in [6.45, 7) is 2.50. The number of nitrogens with one attached hydrogen (secondary N) is 1. The number of aliphatic hydroxyl groups excluding tert-OH is 1. The summed E-state index contributed by atoms with van der Waals surface area (Å²) in [4.78, 5) is 12.2. The lowest BCUT2D eigenvalue weighted by Crippen LogP contribution is -2.23. The fraction of sp³-hybridized carbons (Fsp3) is 0.235. The average molecular weight is 320 g/mol. The number of hydrogen-bond acceptors (Lipinski definition) is 3. The SMILES string of the molecule is Cc1c(Cl)cccc1C(=O)NCc1ccc(OCCO)cc1. The molecular weight excluding hydrogens is 302 g/mol. The lowest BCUT2D eigenvalue weighted by atomic mass is 10.1. The Morgan fingerprint density at radius 3 is 2.64 bits per heavy atom. The van der Waals surface area contributed by atoms with Crippen molar-refractivity contribution >= 4 is 17.5 Å². The van der Waals surface area contributed by atoms with E-state index in [1.807, 2.05) is 31.2 Å². The van der Waals surface area contributed by atoms with Gasteiger partial charge in [-0.25, -0.2) is 0 Å². The minimum atomic E-state index is -0.152. The lowest BCUT2D eigenvalue weighted by molar-refractivity contribution is 0.0950. The van der Waals surface area contributed by atoms with Crippen molar-refractivity contribution in [1.82, 2.24) is 5.32 Å². The van der Waals surface area contributed by atoms with Crippen LogP contribution in [0.15, 0.2) is 42.5 Å². The quantitative estimate of drug-likeness (QED) is 0.860. The predicted octanol–water partition coefficient (Wildman–Crippen LogP) is 2.95. The maximum Gasteiger partial charge on any atom is 0.251 e. The number of aliphatic hydroxyl groups is 1. The Kier molecular flexibility index (Phi) is 5.81. The summed E-state index contributed by atoms with van der Waals surface area (Å²) in [5, 5.41) is 12.1. The maximum atomic E-state index is 12.2. The Morgan fingerprint density at radius 1 is 1.23 bits per heavy atom. The second kappa shape index (κ2) is 7.82. The van der Waals surface area contributed by atoms with Crippen LogP contribution in [-0.4, -0.2) is 24.2 Å². The van der Waals surface area contributed by atoms with Crippen molar-refractivity contribution < 1.29 is 14.6 Å². The summed E-state index contributed by atoms with van der Waals surface area (Å²) in [6.07, 6.45) is 0. The Labute approximate surface area is 134 Å². The highest BCUT2D eigenvalue weighted by molar-refractivity contribution is 6.31. The largest absolute Gasteiger partial charge is 0.491 e. The van der Waals surface area contributed by atoms with E-state index in [4.69, 9.17) is 21.4 Å². The van der Waals surface area contributed by atoms with Crippen molar-refractivity contribution in [2.75, 3.05) is 13.2 Å². The van der Waals surface area contributed by atoms with Crippen molar-refractivity contribution in [1.29, 1.82) is 0 Å². The smallest absolute Gasteiger partial charge is 0.251 e. The molecular formula is C17H18ClNO3. The van der Waals surface area contributed by atoms with Crippen LogP contribution in [0.4, 0.5) is 0 Å². The number of carbonyl (C=O) groups is 1. The van der Waals surface area contributed by atoms with E-state index in [0.717, 1.165) is 11.1 Å². The van der Waals surface area contributed by atoms with Crippen molar-refractivity contribution in [3.05, 3.63) is 64.2 Å². The first-order valence-corrected chi connectivity index (χ1v) is 7.35. The fourth-order valence-corrected chi connectivity index (χ4v) is 2.17. The molecule has 4 nitrogen and oxygen atoms in total. The second-order valence-electron chi connectivity index (χ2n) is 4.81. The fourth-order valence-electron chi connectivity index (χ4n) is 2.00. The summed E-state index contributed by atoms with van der Waals surface area (Å²) < 4.78 is 5.28. The molecule has 2 aromatic rings. The van der Waals surface area contributed by atoms with Gasteiger partial charge in [0.25, 0.3) is 5.91 Å². The molecule has 0 bridgehead atoms. The number of rotatable bonds is 6. The van der Waals surface area contributed by atoms with E-state index in [1.54, 1.807) is 18.2 Å². The molecule has 0 saturated heterocycles. The third-order valence-electron chi connectivity index (χ3n) is 3.25. The molecule has 2 N–H and O–H groups in total. The second-order valence-corrected chi connectivity index (χ2v) is 5.22. The van der Waals surface area contributed by atoms with Gasteiger partial charge in [0.2, 0.25) is 0 Å². The van der Waals surface area contributed by atoms with Gasteiger partial charge in [0.1, 0.15) is 12.4 Å². The zero-order valence-corrected chi connectivity index (χ0v) is 13.1. The summed E-state index contributed by atoms with van der Waals surface area (Å²) in [7, 11) is 0. The molecule has 5 heteroatoms. The number of amides is 1. The van der Waals surface area contributed by atoms with Crippen molar-refractivity contribution in [3.63, 3.8) is 0 Å². The molecule has 0 radical (unpaired) electrons. The number of benzene rings is 2. The van der Waals surface area contributed by atoms with Crippen LogP contribution in [0.5, 0.6) is 5.75 Å². The summed E-state index contributed by atoms with van der Waals surface area (Å²) in [6, 6.07) is 12.6. The molecule has 0 aliphatic heterocycles. The molecule has 2 aromatic carbocycles. The van der Waals surface area contributed by atoms with Gasteiger partial charge in [-0.2, -0.15) is 0 Å². The first-order chi connectivity index (χ1) is 10.6.